The average molecular weight is 512 g/mol. The summed E-state index contributed by atoms with van der Waals surface area (Å²) in [6.07, 6.45) is -0.681. The van der Waals surface area contributed by atoms with E-state index < -0.39 is 18.2 Å². The van der Waals surface area contributed by atoms with Crippen molar-refractivity contribution in [1.29, 1.82) is 5.41 Å². The molecule has 1 aliphatic rings. The second-order valence-corrected chi connectivity index (χ2v) is 8.84. The number of carbonyl (C=O) groups excluding carboxylic acids is 2. The highest BCUT2D eigenvalue weighted by molar-refractivity contribution is 6.04. The highest BCUT2D eigenvalue weighted by Crippen LogP contribution is 2.26. The van der Waals surface area contributed by atoms with Crippen molar-refractivity contribution < 1.29 is 29.0 Å². The fourth-order valence-corrected chi connectivity index (χ4v) is 4.06. The van der Waals surface area contributed by atoms with E-state index in [2.05, 4.69) is 22.0 Å². The van der Waals surface area contributed by atoms with Crippen LogP contribution in [0.3, 0.4) is 0 Å². The first-order valence-electron chi connectivity index (χ1n) is 11.9. The Morgan fingerprint density at radius 1 is 1.16 bits per heavy atom. The molecule has 6 N–H and O–H groups in total. The van der Waals surface area contributed by atoms with Gasteiger partial charge in [0.05, 0.1) is 12.6 Å². The summed E-state index contributed by atoms with van der Waals surface area (Å²) >= 11 is 0. The zero-order chi connectivity index (χ0) is 26.8. The summed E-state index contributed by atoms with van der Waals surface area (Å²) in [5, 5.41) is 27.2. The van der Waals surface area contributed by atoms with Crippen LogP contribution in [0.5, 0.6) is 0 Å². The molecule has 2 aromatic carbocycles. The predicted octanol–water partition coefficient (Wildman–Crippen LogP) is 1.67. The maximum Gasteiger partial charge on any atom is 0.410 e. The third-order valence-corrected chi connectivity index (χ3v) is 6.03. The van der Waals surface area contributed by atoms with Gasteiger partial charge in [0.25, 0.3) is 0 Å². The van der Waals surface area contributed by atoms with Crippen LogP contribution in [-0.2, 0) is 32.2 Å². The van der Waals surface area contributed by atoms with Crippen LogP contribution >= 0.6 is 0 Å². The van der Waals surface area contributed by atoms with Crippen molar-refractivity contribution in [1.82, 2.24) is 21.3 Å². The number of carbonyl (C=O) groups is 3. The summed E-state index contributed by atoms with van der Waals surface area (Å²) < 4.78 is 10.3. The Morgan fingerprint density at radius 3 is 2.62 bits per heavy atom. The number of hydrogen-bond acceptors (Lipinski definition) is 7. The predicted molar refractivity (Wildman–Crippen MR) is 136 cm³/mol. The Labute approximate surface area is 215 Å². The molecule has 0 spiro atoms. The Morgan fingerprint density at radius 2 is 1.92 bits per heavy atom. The Balaban J connectivity index is 1.44. The maximum absolute atomic E-state index is 12.8. The topological polar surface area (TPSA) is 162 Å². The monoisotopic (exact) mass is 511 g/mol. The first-order chi connectivity index (χ1) is 17.8. The minimum Gasteiger partial charge on any atom is -0.465 e. The van der Waals surface area contributed by atoms with Crippen molar-refractivity contribution in [2.75, 3.05) is 20.4 Å². The number of rotatable bonds is 11. The van der Waals surface area contributed by atoms with Crippen LogP contribution in [0.2, 0.25) is 0 Å². The molecule has 1 heterocycles. The Kier molecular flexibility index (Phi) is 10.1. The molecule has 3 atom stereocenters. The molecule has 11 nitrogen and oxygen atoms in total. The Hall–Kier alpha value is -3.80. The smallest absolute Gasteiger partial charge is 0.410 e. The lowest BCUT2D eigenvalue weighted by atomic mass is 9.94. The van der Waals surface area contributed by atoms with E-state index in [1.165, 1.54) is 0 Å². The van der Waals surface area contributed by atoms with Gasteiger partial charge >= 0.3 is 6.09 Å². The lowest BCUT2D eigenvalue weighted by Crippen LogP contribution is -2.49. The van der Waals surface area contributed by atoms with Gasteiger partial charge in [0.1, 0.15) is 18.7 Å². The van der Waals surface area contributed by atoms with Gasteiger partial charge in [-0.3, -0.25) is 20.3 Å². The summed E-state index contributed by atoms with van der Waals surface area (Å²) in [4.78, 5) is 35.9. The molecule has 3 rings (SSSR count). The van der Waals surface area contributed by atoms with Crippen LogP contribution in [0.1, 0.15) is 41.5 Å². The Bertz CT molecular complexity index is 1110. The summed E-state index contributed by atoms with van der Waals surface area (Å²) in [5.74, 6) is -0.599. The van der Waals surface area contributed by atoms with Gasteiger partial charge < -0.3 is 30.5 Å². The van der Waals surface area contributed by atoms with Gasteiger partial charge in [0.15, 0.2) is 0 Å². The van der Waals surface area contributed by atoms with Crippen LogP contribution in [0, 0.1) is 5.41 Å². The molecule has 1 saturated heterocycles. The first-order valence-corrected chi connectivity index (χ1v) is 11.9. The SMILES string of the molecule is COCOCc1cccc([C@@H]2CNC(C(=O)NC(C)C(=O)NCc3ccc(C(=N)NC(=O)O)cc3)C2)c1. The molecule has 2 unspecified atom stereocenters. The molecule has 0 aromatic heterocycles. The van der Waals surface area contributed by atoms with Gasteiger partial charge in [-0.05, 0) is 36.0 Å². The fraction of sp³-hybridized carbons (Fsp3) is 0.385. The van der Waals surface area contributed by atoms with Crippen LogP contribution in [0.4, 0.5) is 4.79 Å². The maximum atomic E-state index is 12.8. The van der Waals surface area contributed by atoms with Gasteiger partial charge in [-0.2, -0.15) is 0 Å². The van der Waals surface area contributed by atoms with E-state index in [9.17, 15) is 14.4 Å². The van der Waals surface area contributed by atoms with Gasteiger partial charge in [0, 0.05) is 25.8 Å². The van der Waals surface area contributed by atoms with E-state index in [0.29, 0.717) is 25.1 Å². The standard InChI is InChI=1S/C26H33N5O6/c1-16(24(32)29-12-17-6-8-19(9-7-17)23(27)31-26(34)35)30-25(33)22-11-21(13-28-22)20-5-3-4-18(10-20)14-37-15-36-2/h3-10,16,21-22,28H,11-15H2,1-2H3,(H2,27,31)(H,29,32)(H,30,33)(H,34,35)/t16?,21-,22?/m0/s1. The number of amides is 3. The molecule has 1 fully saturated rings. The molecule has 37 heavy (non-hydrogen) atoms. The van der Waals surface area contributed by atoms with Crippen molar-refractivity contribution in [2.24, 2.45) is 0 Å². The summed E-state index contributed by atoms with van der Waals surface area (Å²) in [7, 11) is 1.58. The minimum atomic E-state index is -1.31. The van der Waals surface area contributed by atoms with E-state index in [4.69, 9.17) is 20.0 Å². The van der Waals surface area contributed by atoms with Crippen LogP contribution in [0.25, 0.3) is 0 Å². The number of amidine groups is 1. The summed E-state index contributed by atoms with van der Waals surface area (Å²) in [6, 6.07) is 13.5. The molecule has 3 amide bonds. The van der Waals surface area contributed by atoms with Crippen molar-refractivity contribution in [3.63, 3.8) is 0 Å². The number of methoxy groups -OCH3 is 1. The molecule has 2 aromatic rings. The van der Waals surface area contributed by atoms with Gasteiger partial charge in [-0.1, -0.05) is 48.5 Å². The van der Waals surface area contributed by atoms with Crippen LogP contribution < -0.4 is 21.3 Å². The zero-order valence-corrected chi connectivity index (χ0v) is 20.9. The molecule has 11 heteroatoms. The zero-order valence-electron chi connectivity index (χ0n) is 20.9. The van der Waals surface area contributed by atoms with E-state index in [1.807, 2.05) is 23.5 Å². The molecule has 0 aliphatic carbocycles. The molecule has 0 bridgehead atoms. The molecule has 1 aliphatic heterocycles. The largest absolute Gasteiger partial charge is 0.465 e. The van der Waals surface area contributed by atoms with E-state index in [0.717, 1.165) is 16.7 Å². The molecule has 198 valence electrons. The van der Waals surface area contributed by atoms with Crippen LogP contribution in [-0.4, -0.2) is 61.4 Å². The second-order valence-electron chi connectivity index (χ2n) is 8.84. The molecule has 0 saturated carbocycles. The van der Waals surface area contributed by atoms with E-state index in [1.54, 1.807) is 38.3 Å². The highest BCUT2D eigenvalue weighted by atomic mass is 16.7. The van der Waals surface area contributed by atoms with Crippen molar-refractivity contribution in [2.45, 2.75) is 44.5 Å². The number of carboxylic acid groups (broad SMARTS) is 1. The summed E-state index contributed by atoms with van der Waals surface area (Å²) in [6.45, 7) is 3.20. The quantitative estimate of drug-likeness (QED) is 0.116. The first kappa shape index (κ1) is 27.8. The normalized spacial score (nSPS) is 17.6. The molecule has 0 radical (unpaired) electrons. The van der Waals surface area contributed by atoms with E-state index >= 15 is 0 Å². The van der Waals surface area contributed by atoms with Crippen molar-refractivity contribution in [3.8, 4) is 0 Å². The lowest BCUT2D eigenvalue weighted by molar-refractivity contribution is -0.129. The highest BCUT2D eigenvalue weighted by Gasteiger charge is 2.31. The van der Waals surface area contributed by atoms with Crippen LogP contribution in [0.15, 0.2) is 48.5 Å². The minimum absolute atomic E-state index is 0.178. The second kappa shape index (κ2) is 13.5. The third-order valence-electron chi connectivity index (χ3n) is 6.03. The van der Waals surface area contributed by atoms with Crippen molar-refractivity contribution in [3.05, 3.63) is 70.8 Å². The third kappa shape index (κ3) is 8.38. The van der Waals surface area contributed by atoms with E-state index in [-0.39, 0.29) is 36.9 Å². The van der Waals surface area contributed by atoms with Gasteiger partial charge in [-0.15, -0.1) is 0 Å². The number of ether oxygens (including phenoxy) is 2. The molecular formula is C26H33N5O6. The van der Waals surface area contributed by atoms with Gasteiger partial charge in [-0.25, -0.2) is 4.79 Å². The number of benzene rings is 2. The lowest BCUT2D eigenvalue weighted by Gasteiger charge is -2.17. The number of nitrogens with one attached hydrogen (secondary N) is 5. The average Bonchev–Trinajstić information content (AvgIpc) is 3.38. The van der Waals surface area contributed by atoms with Crippen molar-refractivity contribution >= 4 is 23.7 Å². The number of hydrogen-bond donors (Lipinski definition) is 6. The molecular weight excluding hydrogens is 478 g/mol. The van der Waals surface area contributed by atoms with Gasteiger partial charge in [0.2, 0.25) is 11.8 Å². The fourth-order valence-electron chi connectivity index (χ4n) is 4.06. The summed E-state index contributed by atoms with van der Waals surface area (Å²) in [5.41, 5.74) is 3.35.